The smallest absolute Gasteiger partial charge is 0.286 e. The number of nitrogens with zero attached hydrogens (tertiary/aromatic N) is 3. The number of hydrogen-bond acceptors (Lipinski definition) is 5. The van der Waals surface area contributed by atoms with Crippen LogP contribution in [0, 0.1) is 0 Å². The summed E-state index contributed by atoms with van der Waals surface area (Å²) in [6.45, 7) is 3.32. The van der Waals surface area contributed by atoms with Crippen molar-refractivity contribution in [3.8, 4) is 0 Å². The highest BCUT2D eigenvalue weighted by atomic mass is 32.2. The third-order valence-electron chi connectivity index (χ3n) is 6.47. The Morgan fingerprint density at radius 3 is 2.75 bits per heavy atom. The van der Waals surface area contributed by atoms with Crippen molar-refractivity contribution >= 4 is 27.5 Å². The maximum Gasteiger partial charge on any atom is 0.286 e. The molecule has 0 saturated carbocycles. The molecule has 7 nitrogen and oxygen atoms in total. The topological polar surface area (TPSA) is 82.1 Å². The van der Waals surface area contributed by atoms with Crippen LogP contribution in [0.5, 0.6) is 0 Å². The molecule has 2 fully saturated rings. The van der Waals surface area contributed by atoms with E-state index in [1.807, 2.05) is 23.1 Å². The first kappa shape index (κ1) is 21.2. The summed E-state index contributed by atoms with van der Waals surface area (Å²) < 4.78 is 29.7. The maximum atomic E-state index is 12.9. The number of likely N-dealkylation sites (tertiary alicyclic amines) is 1. The quantitative estimate of drug-likeness (QED) is 0.771. The van der Waals surface area contributed by atoms with Crippen molar-refractivity contribution in [2.75, 3.05) is 24.5 Å². The van der Waals surface area contributed by atoms with Crippen molar-refractivity contribution in [1.82, 2.24) is 10.2 Å². The Balaban J connectivity index is 1.29. The molecule has 0 spiro atoms. The molecule has 1 N–H and O–H groups in total. The van der Waals surface area contributed by atoms with Gasteiger partial charge in [0.25, 0.3) is 15.9 Å². The molecule has 0 radical (unpaired) electrons. The number of benzene rings is 2. The van der Waals surface area contributed by atoms with Gasteiger partial charge in [-0.15, -0.1) is 4.40 Å². The molecular formula is C24H28N4O3S. The van der Waals surface area contributed by atoms with Crippen LogP contribution in [0.25, 0.3) is 0 Å². The number of hydrogen-bond donors (Lipinski definition) is 1. The second kappa shape index (κ2) is 8.67. The van der Waals surface area contributed by atoms with Gasteiger partial charge in [-0.2, -0.15) is 8.42 Å². The van der Waals surface area contributed by atoms with Crippen molar-refractivity contribution in [1.29, 1.82) is 0 Å². The Morgan fingerprint density at radius 1 is 1.06 bits per heavy atom. The normalized spacial score (nSPS) is 22.4. The summed E-state index contributed by atoms with van der Waals surface area (Å²) in [5.74, 6) is 0.386. The molecule has 1 atom stereocenters. The largest absolute Gasteiger partial charge is 0.348 e. The Hall–Kier alpha value is -2.71. The average molecular weight is 453 g/mol. The van der Waals surface area contributed by atoms with Crippen LogP contribution in [-0.4, -0.2) is 50.7 Å². The monoisotopic (exact) mass is 452 g/mol. The lowest BCUT2D eigenvalue weighted by molar-refractivity contribution is 0.0937. The predicted octanol–water partition coefficient (Wildman–Crippen LogP) is 3.17. The molecule has 2 aromatic rings. The Kier molecular flexibility index (Phi) is 5.73. The van der Waals surface area contributed by atoms with Crippen LogP contribution in [-0.2, 0) is 16.6 Å². The maximum absolute atomic E-state index is 12.9. The van der Waals surface area contributed by atoms with Crippen LogP contribution in [0.3, 0.4) is 0 Å². The van der Waals surface area contributed by atoms with Gasteiger partial charge in [-0.3, -0.25) is 9.69 Å². The zero-order valence-electron chi connectivity index (χ0n) is 18.0. The molecule has 0 aromatic heterocycles. The van der Waals surface area contributed by atoms with Crippen molar-refractivity contribution in [2.45, 2.75) is 49.6 Å². The number of anilines is 1. The lowest BCUT2D eigenvalue weighted by Gasteiger charge is -2.29. The first-order valence-corrected chi connectivity index (χ1v) is 12.8. The number of rotatable bonds is 4. The van der Waals surface area contributed by atoms with Gasteiger partial charge in [-0.1, -0.05) is 36.8 Å². The molecule has 168 valence electrons. The number of sulfonamides is 1. The van der Waals surface area contributed by atoms with Gasteiger partial charge in [0, 0.05) is 44.2 Å². The van der Waals surface area contributed by atoms with E-state index in [9.17, 15) is 13.2 Å². The fraction of sp³-hybridized carbons (Fsp3) is 0.417. The molecule has 1 amide bonds. The molecule has 1 unspecified atom stereocenters. The number of carbonyl (C=O) groups excluding carboxylic acids is 1. The zero-order valence-corrected chi connectivity index (χ0v) is 18.9. The molecule has 32 heavy (non-hydrogen) atoms. The van der Waals surface area contributed by atoms with Gasteiger partial charge in [-0.05, 0) is 43.0 Å². The van der Waals surface area contributed by atoms with Crippen molar-refractivity contribution < 1.29 is 13.2 Å². The van der Waals surface area contributed by atoms with Crippen molar-refractivity contribution in [3.63, 3.8) is 0 Å². The van der Waals surface area contributed by atoms with Crippen molar-refractivity contribution in [3.05, 3.63) is 59.7 Å². The number of nitrogens with one attached hydrogen (secondary N) is 1. The van der Waals surface area contributed by atoms with Crippen LogP contribution in [0.2, 0.25) is 0 Å². The minimum atomic E-state index is -3.80. The molecule has 5 rings (SSSR count). The highest BCUT2D eigenvalue weighted by Gasteiger charge is 2.32. The Morgan fingerprint density at radius 2 is 1.91 bits per heavy atom. The van der Waals surface area contributed by atoms with E-state index in [-0.39, 0.29) is 16.8 Å². The minimum Gasteiger partial charge on any atom is -0.348 e. The van der Waals surface area contributed by atoms with E-state index in [0.717, 1.165) is 51.9 Å². The highest BCUT2D eigenvalue weighted by molar-refractivity contribution is 7.90. The minimum absolute atomic E-state index is 0.0501. The molecule has 3 heterocycles. The van der Waals surface area contributed by atoms with Gasteiger partial charge < -0.3 is 10.2 Å². The van der Waals surface area contributed by atoms with Gasteiger partial charge in [0.05, 0.1) is 5.69 Å². The summed E-state index contributed by atoms with van der Waals surface area (Å²) in [5.41, 5.74) is 2.26. The van der Waals surface area contributed by atoms with Gasteiger partial charge in [0.15, 0.2) is 0 Å². The molecule has 8 heteroatoms. The average Bonchev–Trinajstić information content (AvgIpc) is 3.08. The van der Waals surface area contributed by atoms with Crippen LogP contribution >= 0.6 is 0 Å². The van der Waals surface area contributed by atoms with Crippen LogP contribution in [0.15, 0.2) is 57.8 Å². The van der Waals surface area contributed by atoms with Crippen molar-refractivity contribution in [2.24, 2.45) is 4.40 Å². The molecule has 2 aromatic carbocycles. The lowest BCUT2D eigenvalue weighted by Crippen LogP contribution is -2.38. The summed E-state index contributed by atoms with van der Waals surface area (Å²) in [7, 11) is -3.80. The van der Waals surface area contributed by atoms with Gasteiger partial charge in [0.1, 0.15) is 10.7 Å². The SMILES string of the molecule is O=C(NC1CCN(Cc2ccccc2)C1)c1ccc2c(c1)S(=O)(=O)N=C1CCCCCN12. The summed E-state index contributed by atoms with van der Waals surface area (Å²) in [4.78, 5) is 17.4. The Bertz CT molecular complexity index is 1150. The van der Waals surface area contributed by atoms with Crippen LogP contribution in [0.4, 0.5) is 5.69 Å². The van der Waals surface area contributed by atoms with Gasteiger partial charge in [0.2, 0.25) is 0 Å². The summed E-state index contributed by atoms with van der Waals surface area (Å²) >= 11 is 0. The summed E-state index contributed by atoms with van der Waals surface area (Å²) in [6.07, 6.45) is 4.56. The first-order chi connectivity index (χ1) is 15.5. The van der Waals surface area contributed by atoms with E-state index >= 15 is 0 Å². The van der Waals surface area contributed by atoms with E-state index < -0.39 is 10.0 Å². The summed E-state index contributed by atoms with van der Waals surface area (Å²) in [6, 6.07) is 15.3. The second-order valence-corrected chi connectivity index (χ2v) is 10.4. The third-order valence-corrected chi connectivity index (χ3v) is 7.80. The first-order valence-electron chi connectivity index (χ1n) is 11.3. The van der Waals surface area contributed by atoms with Crippen LogP contribution < -0.4 is 10.2 Å². The number of carbonyl (C=O) groups is 1. The third kappa shape index (κ3) is 4.29. The van der Waals surface area contributed by atoms with E-state index in [2.05, 4.69) is 26.7 Å². The second-order valence-electron chi connectivity index (χ2n) is 8.81. The standard InChI is InChI=1S/C24H28N4O3S/c29-24(25-20-12-14-27(17-20)16-18-7-3-1-4-8-18)19-10-11-21-22(15-19)32(30,31)26-23-9-5-2-6-13-28(21)23/h1,3-4,7-8,10-11,15,20H,2,5-6,9,12-14,16-17H2,(H,25,29). The molecule has 0 aliphatic carbocycles. The number of amides is 1. The molecule has 3 aliphatic heterocycles. The fourth-order valence-electron chi connectivity index (χ4n) is 4.83. The molecule has 2 saturated heterocycles. The Labute approximate surface area is 189 Å². The lowest BCUT2D eigenvalue weighted by atomic mass is 10.1. The highest BCUT2D eigenvalue weighted by Crippen LogP contribution is 2.35. The molecule has 3 aliphatic rings. The predicted molar refractivity (Wildman–Crippen MR) is 124 cm³/mol. The van der Waals surface area contributed by atoms with Gasteiger partial charge >= 0.3 is 0 Å². The zero-order chi connectivity index (χ0) is 22.1. The molecular weight excluding hydrogens is 424 g/mol. The van der Waals surface area contributed by atoms with E-state index in [0.29, 0.717) is 23.5 Å². The fourth-order valence-corrected chi connectivity index (χ4v) is 6.11. The van der Waals surface area contributed by atoms with E-state index in [1.54, 1.807) is 12.1 Å². The number of fused-ring (bicyclic) bond motifs is 3. The molecule has 0 bridgehead atoms. The van der Waals surface area contributed by atoms with E-state index in [4.69, 9.17) is 0 Å². The van der Waals surface area contributed by atoms with Crippen LogP contribution in [0.1, 0.15) is 48.0 Å². The van der Waals surface area contributed by atoms with Gasteiger partial charge in [-0.25, -0.2) is 0 Å². The summed E-state index contributed by atoms with van der Waals surface area (Å²) in [5, 5.41) is 3.09. The van der Waals surface area contributed by atoms with E-state index in [1.165, 1.54) is 11.6 Å². The number of amidine groups is 1.